The summed E-state index contributed by atoms with van der Waals surface area (Å²) in [5, 5.41) is 9.23. The summed E-state index contributed by atoms with van der Waals surface area (Å²) < 4.78 is 18.3. The van der Waals surface area contributed by atoms with Crippen LogP contribution in [-0.4, -0.2) is 36.4 Å². The first-order valence-corrected chi connectivity index (χ1v) is 5.78. The van der Waals surface area contributed by atoms with E-state index in [-0.39, 0.29) is 6.61 Å². The van der Waals surface area contributed by atoms with E-state index in [1.807, 2.05) is 11.9 Å². The van der Waals surface area contributed by atoms with Gasteiger partial charge in [0, 0.05) is 31.9 Å². The van der Waals surface area contributed by atoms with Crippen molar-refractivity contribution in [1.29, 1.82) is 0 Å². The Bertz CT molecular complexity index is 381. The molecule has 1 aliphatic rings. The maximum Gasteiger partial charge on any atom is 0.142 e. The minimum absolute atomic E-state index is 0.201. The molecule has 1 N–H and O–H groups in total. The lowest BCUT2D eigenvalue weighted by atomic mass is 10.1. The van der Waals surface area contributed by atoms with Crippen LogP contribution in [0.1, 0.15) is 18.4 Å². The molecule has 2 rings (SSSR count). The summed E-state index contributed by atoms with van der Waals surface area (Å²) >= 11 is 0. The van der Waals surface area contributed by atoms with Crippen LogP contribution in [0.4, 0.5) is 10.2 Å². The van der Waals surface area contributed by atoms with E-state index >= 15 is 0 Å². The van der Waals surface area contributed by atoms with E-state index in [9.17, 15) is 9.50 Å². The molecular formula is C12H17FN2O2. The molecule has 4 nitrogen and oxygen atoms in total. The summed E-state index contributed by atoms with van der Waals surface area (Å²) in [4.78, 5) is 6.08. The predicted molar refractivity (Wildman–Crippen MR) is 62.4 cm³/mol. The highest BCUT2D eigenvalue weighted by atomic mass is 19.1. The molecule has 1 fully saturated rings. The van der Waals surface area contributed by atoms with Gasteiger partial charge in [0.2, 0.25) is 0 Å². The lowest BCUT2D eigenvalue weighted by molar-refractivity contribution is 0.0853. The van der Waals surface area contributed by atoms with Gasteiger partial charge in [-0.15, -0.1) is 0 Å². The number of rotatable bonds is 3. The number of hydrogen-bond donors (Lipinski definition) is 1. The van der Waals surface area contributed by atoms with Crippen LogP contribution in [0.15, 0.2) is 12.3 Å². The van der Waals surface area contributed by atoms with Gasteiger partial charge in [0.25, 0.3) is 0 Å². The number of aliphatic hydroxyl groups is 1. The average Bonchev–Trinajstić information content (AvgIpc) is 2.39. The number of hydrogen-bond acceptors (Lipinski definition) is 4. The molecule has 0 aromatic carbocycles. The van der Waals surface area contributed by atoms with Gasteiger partial charge in [0.15, 0.2) is 0 Å². The topological polar surface area (TPSA) is 45.6 Å². The largest absolute Gasteiger partial charge is 0.392 e. The summed E-state index contributed by atoms with van der Waals surface area (Å²) in [5.41, 5.74) is 0.527. The van der Waals surface area contributed by atoms with Crippen molar-refractivity contribution in [2.45, 2.75) is 25.5 Å². The minimum atomic E-state index is -0.418. The molecule has 1 aromatic heterocycles. The van der Waals surface area contributed by atoms with E-state index in [4.69, 9.17) is 4.74 Å². The first kappa shape index (κ1) is 12.3. The molecule has 0 saturated carbocycles. The molecule has 0 atom stereocenters. The predicted octanol–water partition coefficient (Wildman–Crippen LogP) is 1.33. The fourth-order valence-corrected chi connectivity index (χ4v) is 2.15. The zero-order chi connectivity index (χ0) is 12.3. The Morgan fingerprint density at radius 1 is 1.53 bits per heavy atom. The SMILES string of the molecule is CN(c1ncc(F)cc1CO)C1CCOCC1. The summed E-state index contributed by atoms with van der Waals surface area (Å²) in [6.07, 6.45) is 3.05. The van der Waals surface area contributed by atoms with Crippen LogP contribution < -0.4 is 4.90 Å². The number of anilines is 1. The first-order valence-electron chi connectivity index (χ1n) is 5.78. The third kappa shape index (κ3) is 2.73. The van der Waals surface area contributed by atoms with Crippen molar-refractivity contribution in [3.8, 4) is 0 Å². The Kier molecular flexibility index (Phi) is 3.91. The second-order valence-corrected chi connectivity index (χ2v) is 4.25. The fraction of sp³-hybridized carbons (Fsp3) is 0.583. The van der Waals surface area contributed by atoms with Gasteiger partial charge < -0.3 is 14.7 Å². The Hall–Kier alpha value is -1.20. The van der Waals surface area contributed by atoms with Crippen molar-refractivity contribution in [3.63, 3.8) is 0 Å². The number of halogens is 1. The van der Waals surface area contributed by atoms with E-state index in [2.05, 4.69) is 4.98 Å². The lowest BCUT2D eigenvalue weighted by Gasteiger charge is -2.33. The molecule has 0 spiro atoms. The Labute approximate surface area is 100 Å². The number of ether oxygens (including phenoxy) is 1. The van der Waals surface area contributed by atoms with Gasteiger partial charge in [0.1, 0.15) is 11.6 Å². The van der Waals surface area contributed by atoms with Crippen LogP contribution in [-0.2, 0) is 11.3 Å². The average molecular weight is 240 g/mol. The zero-order valence-corrected chi connectivity index (χ0v) is 9.90. The third-order valence-electron chi connectivity index (χ3n) is 3.15. The summed E-state index contributed by atoms with van der Waals surface area (Å²) in [6.45, 7) is 1.28. The van der Waals surface area contributed by atoms with Crippen molar-refractivity contribution < 1.29 is 14.2 Å². The molecule has 1 aromatic rings. The lowest BCUT2D eigenvalue weighted by Crippen LogP contribution is -2.37. The first-order chi connectivity index (χ1) is 8.22. The van der Waals surface area contributed by atoms with Gasteiger partial charge in [-0.2, -0.15) is 0 Å². The molecule has 5 heteroatoms. The Morgan fingerprint density at radius 3 is 2.88 bits per heavy atom. The molecule has 94 valence electrons. The van der Waals surface area contributed by atoms with E-state index < -0.39 is 5.82 Å². The molecule has 0 amide bonds. The van der Waals surface area contributed by atoms with Crippen molar-refractivity contribution >= 4 is 5.82 Å². The second kappa shape index (κ2) is 5.42. The van der Waals surface area contributed by atoms with Gasteiger partial charge in [-0.3, -0.25) is 0 Å². The standard InChI is InChI=1S/C12H17FN2O2/c1-15(11-2-4-17-5-3-11)12-9(8-16)6-10(13)7-14-12/h6-7,11,16H,2-5,8H2,1H3. The summed E-state index contributed by atoms with van der Waals surface area (Å²) in [5.74, 6) is 0.235. The minimum Gasteiger partial charge on any atom is -0.392 e. The van der Waals surface area contributed by atoms with Crippen LogP contribution in [0.2, 0.25) is 0 Å². The molecule has 0 aliphatic carbocycles. The molecule has 0 radical (unpaired) electrons. The van der Waals surface area contributed by atoms with Crippen molar-refractivity contribution in [2.75, 3.05) is 25.2 Å². The third-order valence-corrected chi connectivity index (χ3v) is 3.15. The maximum atomic E-state index is 13.0. The van der Waals surface area contributed by atoms with Gasteiger partial charge >= 0.3 is 0 Å². The number of pyridine rings is 1. The van der Waals surface area contributed by atoms with Crippen LogP contribution in [0, 0.1) is 5.82 Å². The second-order valence-electron chi connectivity index (χ2n) is 4.25. The molecule has 0 bridgehead atoms. The van der Waals surface area contributed by atoms with E-state index in [1.54, 1.807) is 0 Å². The highest BCUT2D eigenvalue weighted by molar-refractivity contribution is 5.46. The molecule has 0 unspecified atom stereocenters. The van der Waals surface area contributed by atoms with Crippen LogP contribution in [0.3, 0.4) is 0 Å². The molecule has 1 saturated heterocycles. The van der Waals surface area contributed by atoms with E-state index in [0.717, 1.165) is 26.1 Å². The Balaban J connectivity index is 2.19. The normalized spacial score (nSPS) is 17.1. The molecule has 1 aliphatic heterocycles. The van der Waals surface area contributed by atoms with Crippen LogP contribution in [0.25, 0.3) is 0 Å². The zero-order valence-electron chi connectivity index (χ0n) is 9.90. The van der Waals surface area contributed by atoms with Crippen molar-refractivity contribution in [3.05, 3.63) is 23.6 Å². The molecular weight excluding hydrogens is 223 g/mol. The number of nitrogens with zero attached hydrogens (tertiary/aromatic N) is 2. The van der Waals surface area contributed by atoms with Gasteiger partial charge in [-0.1, -0.05) is 0 Å². The highest BCUT2D eigenvalue weighted by Crippen LogP contribution is 2.23. The summed E-state index contributed by atoms with van der Waals surface area (Å²) in [7, 11) is 1.93. The van der Waals surface area contributed by atoms with Crippen molar-refractivity contribution in [2.24, 2.45) is 0 Å². The summed E-state index contributed by atoms with van der Waals surface area (Å²) in [6, 6.07) is 1.67. The van der Waals surface area contributed by atoms with Crippen molar-refractivity contribution in [1.82, 2.24) is 4.98 Å². The van der Waals surface area contributed by atoms with Crippen LogP contribution in [0.5, 0.6) is 0 Å². The Morgan fingerprint density at radius 2 is 2.24 bits per heavy atom. The monoisotopic (exact) mass is 240 g/mol. The quantitative estimate of drug-likeness (QED) is 0.865. The molecule has 2 heterocycles. The van der Waals surface area contributed by atoms with Gasteiger partial charge in [-0.25, -0.2) is 9.37 Å². The smallest absolute Gasteiger partial charge is 0.142 e. The molecule has 17 heavy (non-hydrogen) atoms. The highest BCUT2D eigenvalue weighted by Gasteiger charge is 2.21. The number of aromatic nitrogens is 1. The number of aliphatic hydroxyl groups excluding tert-OH is 1. The maximum absolute atomic E-state index is 13.0. The van der Waals surface area contributed by atoms with Crippen LogP contribution >= 0.6 is 0 Å². The van der Waals surface area contributed by atoms with Gasteiger partial charge in [0.05, 0.1) is 12.8 Å². The van der Waals surface area contributed by atoms with Gasteiger partial charge in [-0.05, 0) is 18.9 Å². The van der Waals surface area contributed by atoms with E-state index in [0.29, 0.717) is 17.4 Å². The fourth-order valence-electron chi connectivity index (χ4n) is 2.15. The van der Waals surface area contributed by atoms with E-state index in [1.165, 1.54) is 12.3 Å².